The van der Waals surface area contributed by atoms with Gasteiger partial charge in [-0.3, -0.25) is 0 Å². The largest absolute Gasteiger partial charge is 0.497 e. The Morgan fingerprint density at radius 1 is 1.05 bits per heavy atom. The number of methoxy groups -OCH3 is 2. The highest BCUT2D eigenvalue weighted by Gasteiger charge is 2.09. The van der Waals surface area contributed by atoms with E-state index in [0.717, 1.165) is 28.2 Å². The van der Waals surface area contributed by atoms with Crippen molar-refractivity contribution in [1.29, 1.82) is 0 Å². The van der Waals surface area contributed by atoms with E-state index in [9.17, 15) is 0 Å². The Balaban J connectivity index is 2.49. The lowest BCUT2D eigenvalue weighted by molar-refractivity contribution is 0.395. The number of hydrogen-bond donors (Lipinski definition) is 1. The lowest BCUT2D eigenvalue weighted by atomic mass is 10.0. The second kappa shape index (κ2) is 5.95. The Bertz CT molecular complexity index is 584. The van der Waals surface area contributed by atoms with E-state index in [1.54, 1.807) is 14.2 Å². The molecule has 0 aliphatic rings. The van der Waals surface area contributed by atoms with Crippen molar-refractivity contribution in [3.05, 3.63) is 47.0 Å². The molecule has 2 aromatic carbocycles. The lowest BCUT2D eigenvalue weighted by Crippen LogP contribution is -1.97. The highest BCUT2D eigenvalue weighted by molar-refractivity contribution is 6.31. The molecule has 0 unspecified atom stereocenters. The average molecular weight is 278 g/mol. The van der Waals surface area contributed by atoms with Gasteiger partial charge in [-0.05, 0) is 29.3 Å². The van der Waals surface area contributed by atoms with Gasteiger partial charge in [-0.2, -0.15) is 0 Å². The van der Waals surface area contributed by atoms with Gasteiger partial charge in [-0.15, -0.1) is 0 Å². The maximum Gasteiger partial charge on any atom is 0.130 e. The van der Waals surface area contributed by atoms with Gasteiger partial charge in [0.05, 0.1) is 14.2 Å². The SMILES string of the molecule is COc1ccc(-c2ccc(CN)c(Cl)c2)c(OC)c1. The smallest absolute Gasteiger partial charge is 0.130 e. The highest BCUT2D eigenvalue weighted by Crippen LogP contribution is 2.35. The van der Waals surface area contributed by atoms with Crippen LogP contribution in [-0.2, 0) is 6.54 Å². The molecule has 0 radical (unpaired) electrons. The Morgan fingerprint density at radius 2 is 1.84 bits per heavy atom. The number of hydrogen-bond acceptors (Lipinski definition) is 3. The van der Waals surface area contributed by atoms with Gasteiger partial charge < -0.3 is 15.2 Å². The van der Waals surface area contributed by atoms with Crippen LogP contribution in [0.25, 0.3) is 11.1 Å². The summed E-state index contributed by atoms with van der Waals surface area (Å²) in [5.41, 5.74) is 8.49. The van der Waals surface area contributed by atoms with E-state index in [1.807, 2.05) is 36.4 Å². The Morgan fingerprint density at radius 3 is 2.42 bits per heavy atom. The van der Waals surface area contributed by atoms with Gasteiger partial charge in [-0.1, -0.05) is 23.7 Å². The summed E-state index contributed by atoms with van der Waals surface area (Å²) >= 11 is 6.19. The number of halogens is 1. The van der Waals surface area contributed by atoms with Crippen LogP contribution < -0.4 is 15.2 Å². The van der Waals surface area contributed by atoms with Crippen LogP contribution in [0.2, 0.25) is 5.02 Å². The first-order valence-corrected chi connectivity index (χ1v) is 6.28. The topological polar surface area (TPSA) is 44.5 Å². The van der Waals surface area contributed by atoms with E-state index in [1.165, 1.54) is 0 Å². The third-order valence-corrected chi connectivity index (χ3v) is 3.34. The fraction of sp³-hybridized carbons (Fsp3) is 0.200. The lowest BCUT2D eigenvalue weighted by Gasteiger charge is -2.11. The van der Waals surface area contributed by atoms with Gasteiger partial charge in [0.2, 0.25) is 0 Å². The van der Waals surface area contributed by atoms with Crippen molar-refractivity contribution in [1.82, 2.24) is 0 Å². The number of benzene rings is 2. The summed E-state index contributed by atoms with van der Waals surface area (Å²) in [7, 11) is 3.26. The fourth-order valence-electron chi connectivity index (χ4n) is 1.92. The van der Waals surface area contributed by atoms with Gasteiger partial charge in [0, 0.05) is 23.2 Å². The first kappa shape index (κ1) is 13.7. The number of rotatable bonds is 4. The molecule has 0 saturated carbocycles. The summed E-state index contributed by atoms with van der Waals surface area (Å²) in [5, 5.41) is 0.665. The minimum absolute atomic E-state index is 0.429. The molecule has 0 bridgehead atoms. The van der Waals surface area contributed by atoms with Crippen molar-refractivity contribution in [2.45, 2.75) is 6.54 Å². The maximum absolute atomic E-state index is 6.19. The van der Waals surface area contributed by atoms with Gasteiger partial charge in [0.25, 0.3) is 0 Å². The molecule has 2 aromatic rings. The van der Waals surface area contributed by atoms with Crippen molar-refractivity contribution in [2.24, 2.45) is 5.73 Å². The minimum atomic E-state index is 0.429. The summed E-state index contributed by atoms with van der Waals surface area (Å²) in [6.45, 7) is 0.429. The first-order valence-electron chi connectivity index (χ1n) is 5.90. The molecule has 100 valence electrons. The molecule has 19 heavy (non-hydrogen) atoms. The Labute approximate surface area is 117 Å². The van der Waals surface area contributed by atoms with Crippen molar-refractivity contribution in [3.63, 3.8) is 0 Å². The van der Waals surface area contributed by atoms with E-state index in [0.29, 0.717) is 11.6 Å². The molecular formula is C15H16ClNO2. The van der Waals surface area contributed by atoms with E-state index < -0.39 is 0 Å². The zero-order valence-corrected chi connectivity index (χ0v) is 11.7. The maximum atomic E-state index is 6.19. The third kappa shape index (κ3) is 2.83. The average Bonchev–Trinajstić information content (AvgIpc) is 2.46. The van der Waals surface area contributed by atoms with Crippen LogP contribution in [0, 0.1) is 0 Å². The molecular weight excluding hydrogens is 262 g/mol. The first-order chi connectivity index (χ1) is 9.19. The molecule has 0 aromatic heterocycles. The van der Waals surface area contributed by atoms with Crippen LogP contribution in [0.4, 0.5) is 0 Å². The molecule has 0 amide bonds. The number of nitrogens with two attached hydrogens (primary N) is 1. The third-order valence-electron chi connectivity index (χ3n) is 2.99. The fourth-order valence-corrected chi connectivity index (χ4v) is 2.18. The summed E-state index contributed by atoms with van der Waals surface area (Å²) in [5.74, 6) is 1.50. The molecule has 0 spiro atoms. The summed E-state index contributed by atoms with van der Waals surface area (Å²) in [4.78, 5) is 0. The Kier molecular flexibility index (Phi) is 4.30. The minimum Gasteiger partial charge on any atom is -0.497 e. The molecule has 0 fully saturated rings. The van der Waals surface area contributed by atoms with E-state index in [4.69, 9.17) is 26.8 Å². The van der Waals surface area contributed by atoms with Gasteiger partial charge in [0.15, 0.2) is 0 Å². The molecule has 2 rings (SSSR count). The van der Waals surface area contributed by atoms with Crippen LogP contribution in [0.3, 0.4) is 0 Å². The quantitative estimate of drug-likeness (QED) is 0.930. The monoisotopic (exact) mass is 277 g/mol. The molecule has 2 N–H and O–H groups in total. The standard InChI is InChI=1S/C15H16ClNO2/c1-18-12-5-6-13(15(8-12)19-2)10-3-4-11(9-17)14(16)7-10/h3-8H,9,17H2,1-2H3. The molecule has 0 heterocycles. The van der Waals surface area contributed by atoms with E-state index in [-0.39, 0.29) is 0 Å². The van der Waals surface area contributed by atoms with E-state index in [2.05, 4.69) is 0 Å². The van der Waals surface area contributed by atoms with Crippen LogP contribution in [0.5, 0.6) is 11.5 Å². The second-order valence-electron chi connectivity index (χ2n) is 4.08. The van der Waals surface area contributed by atoms with Crippen LogP contribution in [-0.4, -0.2) is 14.2 Å². The second-order valence-corrected chi connectivity index (χ2v) is 4.48. The summed E-state index contributed by atoms with van der Waals surface area (Å²) in [6.07, 6.45) is 0. The zero-order chi connectivity index (χ0) is 13.8. The molecule has 4 heteroatoms. The van der Waals surface area contributed by atoms with Gasteiger partial charge in [-0.25, -0.2) is 0 Å². The van der Waals surface area contributed by atoms with Gasteiger partial charge in [0.1, 0.15) is 11.5 Å². The number of ether oxygens (including phenoxy) is 2. The van der Waals surface area contributed by atoms with E-state index >= 15 is 0 Å². The Hall–Kier alpha value is -1.71. The molecule has 0 aliphatic heterocycles. The molecule has 0 aliphatic carbocycles. The van der Waals surface area contributed by atoms with Crippen LogP contribution >= 0.6 is 11.6 Å². The molecule has 3 nitrogen and oxygen atoms in total. The van der Waals surface area contributed by atoms with Crippen molar-refractivity contribution in [2.75, 3.05) is 14.2 Å². The normalized spacial score (nSPS) is 10.3. The molecule has 0 saturated heterocycles. The zero-order valence-electron chi connectivity index (χ0n) is 10.9. The predicted molar refractivity (Wildman–Crippen MR) is 77.9 cm³/mol. The molecule has 0 atom stereocenters. The van der Waals surface area contributed by atoms with Crippen molar-refractivity contribution < 1.29 is 9.47 Å². The predicted octanol–water partition coefficient (Wildman–Crippen LogP) is 3.48. The van der Waals surface area contributed by atoms with Crippen molar-refractivity contribution in [3.8, 4) is 22.6 Å². The van der Waals surface area contributed by atoms with Gasteiger partial charge >= 0.3 is 0 Å². The van der Waals surface area contributed by atoms with Crippen LogP contribution in [0.1, 0.15) is 5.56 Å². The summed E-state index contributed by atoms with van der Waals surface area (Å²) < 4.78 is 10.6. The van der Waals surface area contributed by atoms with Crippen LogP contribution in [0.15, 0.2) is 36.4 Å². The van der Waals surface area contributed by atoms with Crippen molar-refractivity contribution >= 4 is 11.6 Å². The highest BCUT2D eigenvalue weighted by atomic mass is 35.5. The summed E-state index contributed by atoms with van der Waals surface area (Å²) in [6, 6.07) is 11.5.